The van der Waals surface area contributed by atoms with Crippen LogP contribution in [0.15, 0.2) is 36.9 Å². The van der Waals surface area contributed by atoms with Crippen molar-refractivity contribution < 1.29 is 14.3 Å². The number of hydrogen-bond donors (Lipinski definition) is 1. The highest BCUT2D eigenvalue weighted by Crippen LogP contribution is 2.19. The largest absolute Gasteiger partial charge is 0.465 e. The van der Waals surface area contributed by atoms with Gasteiger partial charge in [-0.2, -0.15) is 0 Å². The number of esters is 1. The highest BCUT2D eigenvalue weighted by molar-refractivity contribution is 5.96. The Labute approximate surface area is 110 Å². The van der Waals surface area contributed by atoms with E-state index in [1.165, 1.54) is 30.4 Å². The van der Waals surface area contributed by atoms with E-state index in [2.05, 4.69) is 15.0 Å². The highest BCUT2D eigenvalue weighted by atomic mass is 16.5. The van der Waals surface area contributed by atoms with Gasteiger partial charge < -0.3 is 10.1 Å². The molecule has 0 aliphatic rings. The molecule has 1 heterocycles. The third kappa shape index (κ3) is 2.62. The Balaban J connectivity index is 2.26. The summed E-state index contributed by atoms with van der Waals surface area (Å²) < 4.78 is 5.99. The molecule has 0 aliphatic carbocycles. The second-order valence-corrected chi connectivity index (χ2v) is 3.87. The van der Waals surface area contributed by atoms with Gasteiger partial charge in [-0.05, 0) is 24.6 Å². The molecule has 98 valence electrons. The van der Waals surface area contributed by atoms with Crippen LogP contribution in [0.4, 0.5) is 10.5 Å². The van der Waals surface area contributed by atoms with Gasteiger partial charge in [-0.25, -0.2) is 14.6 Å². The number of benzene rings is 1. The molecular formula is C13H13N3O3. The number of amides is 1. The van der Waals surface area contributed by atoms with Crippen molar-refractivity contribution in [2.24, 2.45) is 0 Å². The van der Waals surface area contributed by atoms with Crippen molar-refractivity contribution in [3.05, 3.63) is 48.0 Å². The summed E-state index contributed by atoms with van der Waals surface area (Å²) in [5.41, 5.74) is 1.63. The quantitative estimate of drug-likeness (QED) is 0.838. The average molecular weight is 259 g/mol. The second-order valence-electron chi connectivity index (χ2n) is 3.87. The molecule has 0 saturated heterocycles. The maximum atomic E-state index is 11.9. The Bertz CT molecular complexity index is 606. The molecule has 0 radical (unpaired) electrons. The van der Waals surface area contributed by atoms with Crippen LogP contribution < -0.4 is 5.32 Å². The lowest BCUT2D eigenvalue weighted by atomic mass is 10.1. The zero-order chi connectivity index (χ0) is 13.8. The number of nitrogens with one attached hydrogen (secondary N) is 1. The van der Waals surface area contributed by atoms with Crippen LogP contribution in [0.5, 0.6) is 0 Å². The Kier molecular flexibility index (Phi) is 3.61. The van der Waals surface area contributed by atoms with Crippen molar-refractivity contribution in [3.63, 3.8) is 0 Å². The number of nitrogens with zero attached hydrogens (tertiary/aromatic N) is 2. The molecule has 0 bridgehead atoms. The lowest BCUT2D eigenvalue weighted by molar-refractivity contribution is 0.0600. The van der Waals surface area contributed by atoms with Crippen molar-refractivity contribution in [1.82, 2.24) is 9.55 Å². The zero-order valence-corrected chi connectivity index (χ0v) is 10.6. The summed E-state index contributed by atoms with van der Waals surface area (Å²) >= 11 is 0. The number of hydrogen-bond acceptors (Lipinski definition) is 4. The van der Waals surface area contributed by atoms with E-state index < -0.39 is 5.97 Å². The first-order valence-corrected chi connectivity index (χ1v) is 5.60. The molecule has 19 heavy (non-hydrogen) atoms. The summed E-state index contributed by atoms with van der Waals surface area (Å²) in [7, 11) is 1.32. The number of rotatable bonds is 2. The summed E-state index contributed by atoms with van der Waals surface area (Å²) in [4.78, 5) is 27.2. The predicted molar refractivity (Wildman–Crippen MR) is 69.2 cm³/mol. The van der Waals surface area contributed by atoms with Crippen LogP contribution in [0.1, 0.15) is 15.9 Å². The number of carbonyl (C=O) groups excluding carboxylic acids is 2. The van der Waals surface area contributed by atoms with Gasteiger partial charge in [0.05, 0.1) is 12.7 Å². The third-order valence-electron chi connectivity index (χ3n) is 2.72. The monoisotopic (exact) mass is 259 g/mol. The summed E-state index contributed by atoms with van der Waals surface area (Å²) in [5, 5.41) is 2.71. The van der Waals surface area contributed by atoms with Crippen LogP contribution in [0.2, 0.25) is 0 Å². The number of anilines is 1. The molecule has 0 unspecified atom stereocenters. The first-order chi connectivity index (χ1) is 9.13. The molecule has 1 N–H and O–H groups in total. The normalized spacial score (nSPS) is 10.0. The van der Waals surface area contributed by atoms with E-state index in [4.69, 9.17) is 0 Å². The smallest absolute Gasteiger partial charge is 0.338 e. The number of ether oxygens (including phenoxy) is 1. The summed E-state index contributed by atoms with van der Waals surface area (Å²) in [5.74, 6) is -0.434. The Morgan fingerprint density at radius 3 is 2.79 bits per heavy atom. The van der Waals surface area contributed by atoms with E-state index in [9.17, 15) is 9.59 Å². The minimum atomic E-state index is -0.434. The van der Waals surface area contributed by atoms with Gasteiger partial charge in [-0.3, -0.25) is 4.57 Å². The molecule has 0 spiro atoms. The second kappa shape index (κ2) is 5.34. The van der Waals surface area contributed by atoms with Gasteiger partial charge in [0.15, 0.2) is 0 Å². The lowest BCUT2D eigenvalue weighted by Crippen LogP contribution is -2.19. The first-order valence-electron chi connectivity index (χ1n) is 5.60. The summed E-state index contributed by atoms with van der Waals surface area (Å²) in [6, 6.07) is 4.70. The fourth-order valence-corrected chi connectivity index (χ4v) is 1.66. The van der Waals surface area contributed by atoms with Gasteiger partial charge in [0.25, 0.3) is 0 Å². The molecule has 0 fully saturated rings. The summed E-state index contributed by atoms with van der Waals surface area (Å²) in [6.07, 6.45) is 4.45. The topological polar surface area (TPSA) is 73.2 Å². The Hall–Kier alpha value is -2.63. The number of carbonyl (C=O) groups is 2. The standard InChI is InChI=1S/C13H13N3O3/c1-9-10(12(17)19-2)4-3-5-11(9)15-13(18)16-7-6-14-8-16/h3-8H,1-2H3,(H,15,18). The van der Waals surface area contributed by atoms with Gasteiger partial charge in [0.2, 0.25) is 0 Å². The molecule has 6 heteroatoms. The van der Waals surface area contributed by atoms with Gasteiger partial charge in [0, 0.05) is 18.1 Å². The molecule has 0 saturated carbocycles. The predicted octanol–water partition coefficient (Wildman–Crippen LogP) is 2.06. The van der Waals surface area contributed by atoms with Crippen LogP contribution in [-0.4, -0.2) is 28.7 Å². The van der Waals surface area contributed by atoms with E-state index in [-0.39, 0.29) is 6.03 Å². The Morgan fingerprint density at radius 2 is 2.16 bits per heavy atom. The molecule has 1 amide bonds. The van der Waals surface area contributed by atoms with E-state index in [1.54, 1.807) is 25.1 Å². The fourth-order valence-electron chi connectivity index (χ4n) is 1.66. The Morgan fingerprint density at radius 1 is 1.37 bits per heavy atom. The molecule has 0 aliphatic heterocycles. The van der Waals surface area contributed by atoms with Crippen LogP contribution in [-0.2, 0) is 4.74 Å². The summed E-state index contributed by atoms with van der Waals surface area (Å²) in [6.45, 7) is 1.75. The van der Waals surface area contributed by atoms with Gasteiger partial charge in [0.1, 0.15) is 6.33 Å². The van der Waals surface area contributed by atoms with Crippen LogP contribution in [0.3, 0.4) is 0 Å². The van der Waals surface area contributed by atoms with E-state index in [0.29, 0.717) is 16.8 Å². The minimum absolute atomic E-state index is 0.345. The maximum Gasteiger partial charge on any atom is 0.338 e. The van der Waals surface area contributed by atoms with E-state index in [1.807, 2.05) is 0 Å². The number of imidazole rings is 1. The van der Waals surface area contributed by atoms with Crippen LogP contribution >= 0.6 is 0 Å². The molecule has 2 rings (SSSR count). The molecule has 0 atom stereocenters. The molecule has 2 aromatic rings. The van der Waals surface area contributed by atoms with Crippen molar-refractivity contribution in [2.75, 3.05) is 12.4 Å². The van der Waals surface area contributed by atoms with E-state index in [0.717, 1.165) is 0 Å². The fraction of sp³-hybridized carbons (Fsp3) is 0.154. The number of aromatic nitrogens is 2. The van der Waals surface area contributed by atoms with Crippen molar-refractivity contribution in [3.8, 4) is 0 Å². The SMILES string of the molecule is COC(=O)c1cccc(NC(=O)n2ccnc2)c1C. The van der Waals surface area contributed by atoms with Gasteiger partial charge in [-0.15, -0.1) is 0 Å². The van der Waals surface area contributed by atoms with Crippen molar-refractivity contribution in [2.45, 2.75) is 6.92 Å². The maximum absolute atomic E-state index is 11.9. The molecular weight excluding hydrogens is 246 g/mol. The van der Waals surface area contributed by atoms with Gasteiger partial charge in [-0.1, -0.05) is 6.07 Å². The number of methoxy groups -OCH3 is 1. The zero-order valence-electron chi connectivity index (χ0n) is 10.6. The molecule has 1 aromatic heterocycles. The van der Waals surface area contributed by atoms with Crippen molar-refractivity contribution >= 4 is 17.7 Å². The highest BCUT2D eigenvalue weighted by Gasteiger charge is 2.13. The van der Waals surface area contributed by atoms with E-state index >= 15 is 0 Å². The minimum Gasteiger partial charge on any atom is -0.465 e. The lowest BCUT2D eigenvalue weighted by Gasteiger charge is -2.11. The first kappa shape index (κ1) is 12.8. The van der Waals surface area contributed by atoms with Crippen LogP contribution in [0, 0.1) is 6.92 Å². The van der Waals surface area contributed by atoms with Gasteiger partial charge >= 0.3 is 12.0 Å². The molecule has 1 aromatic carbocycles. The van der Waals surface area contributed by atoms with Crippen LogP contribution in [0.25, 0.3) is 0 Å². The average Bonchev–Trinajstić information content (AvgIpc) is 2.94. The molecule has 6 nitrogen and oxygen atoms in total. The van der Waals surface area contributed by atoms with Crippen molar-refractivity contribution in [1.29, 1.82) is 0 Å². The third-order valence-corrected chi connectivity index (χ3v) is 2.72.